The summed E-state index contributed by atoms with van der Waals surface area (Å²) in [6, 6.07) is 2.75. The summed E-state index contributed by atoms with van der Waals surface area (Å²) in [5, 5.41) is 10.0. The van der Waals surface area contributed by atoms with E-state index in [1.165, 1.54) is 32.1 Å². The van der Waals surface area contributed by atoms with Crippen molar-refractivity contribution in [2.75, 3.05) is 14.1 Å². The summed E-state index contributed by atoms with van der Waals surface area (Å²) in [5.74, 6) is 4.16. The Bertz CT molecular complexity index is 403. The lowest BCUT2D eigenvalue weighted by Gasteiger charge is -2.59. The van der Waals surface area contributed by atoms with Crippen LogP contribution in [0.3, 0.4) is 0 Å². The molecule has 0 aromatic carbocycles. The number of hydrogen-bond donors (Lipinski definition) is 0. The van der Waals surface area contributed by atoms with E-state index in [-0.39, 0.29) is 5.54 Å². The van der Waals surface area contributed by atoms with Gasteiger partial charge in [0, 0.05) is 0 Å². The highest BCUT2D eigenvalue weighted by molar-refractivity contribution is 5.19. The van der Waals surface area contributed by atoms with Crippen LogP contribution in [0, 0.1) is 40.9 Å². The van der Waals surface area contributed by atoms with E-state index in [2.05, 4.69) is 44.1 Å². The second-order valence-electron chi connectivity index (χ2n) is 7.66. The van der Waals surface area contributed by atoms with E-state index in [4.69, 9.17) is 0 Å². The molecule has 1 unspecified atom stereocenters. The third-order valence-corrected chi connectivity index (χ3v) is 6.43. The highest BCUT2D eigenvalue weighted by Crippen LogP contribution is 2.60. The van der Waals surface area contributed by atoms with Gasteiger partial charge < -0.3 is 0 Å². The van der Waals surface area contributed by atoms with E-state index in [0.29, 0.717) is 5.92 Å². The summed E-state index contributed by atoms with van der Waals surface area (Å²) >= 11 is 0. The quantitative estimate of drug-likeness (QED) is 0.727. The normalized spacial score (nSPS) is 42.0. The van der Waals surface area contributed by atoms with E-state index in [1.807, 2.05) is 0 Å². The maximum atomic E-state index is 10.0. The number of rotatable bonds is 4. The minimum Gasteiger partial charge on any atom is -0.291 e. The molecule has 4 aliphatic carbocycles. The van der Waals surface area contributed by atoms with Crippen molar-refractivity contribution in [2.45, 2.75) is 51.0 Å². The molecule has 2 heteroatoms. The number of hydrogen-bond acceptors (Lipinski definition) is 2. The maximum absolute atomic E-state index is 10.0. The van der Waals surface area contributed by atoms with Gasteiger partial charge in [0.1, 0.15) is 5.54 Å². The third kappa shape index (κ3) is 2.02. The fraction of sp³-hybridized carbons (Fsp3) is 0.833. The summed E-state index contributed by atoms with van der Waals surface area (Å²) in [7, 11) is 4.22. The molecule has 110 valence electrons. The molecule has 4 saturated carbocycles. The number of nitrogens with zero attached hydrogens (tertiary/aromatic N) is 2. The minimum absolute atomic E-state index is 0.283. The van der Waals surface area contributed by atoms with Crippen LogP contribution in [0.5, 0.6) is 0 Å². The SMILES string of the molecule is C/C=C/CC(C#N)(C1C2CC3CC(C2)CC1C3)N(C)C. The van der Waals surface area contributed by atoms with Gasteiger partial charge in [0.15, 0.2) is 0 Å². The molecule has 4 bridgehead atoms. The monoisotopic (exact) mass is 272 g/mol. The first-order valence-electron chi connectivity index (χ1n) is 8.30. The van der Waals surface area contributed by atoms with Gasteiger partial charge in [-0.1, -0.05) is 12.2 Å². The lowest BCUT2D eigenvalue weighted by Crippen LogP contribution is -2.59. The van der Waals surface area contributed by atoms with E-state index in [0.717, 1.165) is 30.1 Å². The first kappa shape index (κ1) is 14.1. The molecule has 0 N–H and O–H groups in total. The largest absolute Gasteiger partial charge is 0.291 e. The fourth-order valence-electron chi connectivity index (χ4n) is 5.84. The van der Waals surface area contributed by atoms with Crippen LogP contribution in [-0.4, -0.2) is 24.5 Å². The zero-order valence-electron chi connectivity index (χ0n) is 13.2. The van der Waals surface area contributed by atoms with Gasteiger partial charge in [-0.25, -0.2) is 0 Å². The molecule has 0 heterocycles. The Hall–Kier alpha value is -0.810. The molecule has 0 aromatic heterocycles. The molecular weight excluding hydrogens is 244 g/mol. The van der Waals surface area contributed by atoms with Crippen LogP contribution in [0.2, 0.25) is 0 Å². The van der Waals surface area contributed by atoms with Crippen LogP contribution >= 0.6 is 0 Å². The molecule has 4 aliphatic rings. The Morgan fingerprint density at radius 1 is 1.10 bits per heavy atom. The van der Waals surface area contributed by atoms with Crippen molar-refractivity contribution in [1.82, 2.24) is 4.90 Å². The van der Waals surface area contributed by atoms with Gasteiger partial charge in [0.05, 0.1) is 6.07 Å². The van der Waals surface area contributed by atoms with Gasteiger partial charge in [0.25, 0.3) is 0 Å². The van der Waals surface area contributed by atoms with Gasteiger partial charge in [-0.15, -0.1) is 0 Å². The Kier molecular flexibility index (Phi) is 3.67. The molecule has 0 aromatic rings. The van der Waals surface area contributed by atoms with Crippen LogP contribution < -0.4 is 0 Å². The number of nitriles is 1. The zero-order chi connectivity index (χ0) is 14.3. The summed E-state index contributed by atoms with van der Waals surface area (Å²) in [6.07, 6.45) is 12.3. The summed E-state index contributed by atoms with van der Waals surface area (Å²) in [6.45, 7) is 2.06. The average Bonchev–Trinajstić information content (AvgIpc) is 2.40. The second-order valence-corrected chi connectivity index (χ2v) is 7.66. The Labute approximate surface area is 123 Å². The first-order chi connectivity index (χ1) is 9.60. The summed E-state index contributed by atoms with van der Waals surface area (Å²) in [4.78, 5) is 2.22. The summed E-state index contributed by atoms with van der Waals surface area (Å²) < 4.78 is 0. The molecule has 0 saturated heterocycles. The molecule has 2 nitrogen and oxygen atoms in total. The maximum Gasteiger partial charge on any atom is 0.115 e. The third-order valence-electron chi connectivity index (χ3n) is 6.43. The summed E-state index contributed by atoms with van der Waals surface area (Å²) in [5.41, 5.74) is -0.283. The van der Waals surface area contributed by atoms with Gasteiger partial charge in [-0.3, -0.25) is 4.90 Å². The van der Waals surface area contributed by atoms with Crippen molar-refractivity contribution in [3.05, 3.63) is 12.2 Å². The highest BCUT2D eigenvalue weighted by atomic mass is 15.2. The van der Waals surface area contributed by atoms with Crippen molar-refractivity contribution < 1.29 is 0 Å². The van der Waals surface area contributed by atoms with Crippen LogP contribution in [0.4, 0.5) is 0 Å². The topological polar surface area (TPSA) is 27.0 Å². The van der Waals surface area contributed by atoms with Crippen LogP contribution in [0.25, 0.3) is 0 Å². The smallest absolute Gasteiger partial charge is 0.115 e. The minimum atomic E-state index is -0.283. The van der Waals surface area contributed by atoms with Crippen molar-refractivity contribution >= 4 is 0 Å². The standard InChI is InChI=1S/C18H28N2/c1-4-5-6-18(12-19,20(2)3)17-15-8-13-7-14(10-15)11-16(17)9-13/h4-5,13-17H,6-11H2,1-3H3/b5-4+. The number of allylic oxidation sites excluding steroid dienone is 1. The molecule has 0 radical (unpaired) electrons. The van der Waals surface area contributed by atoms with Gasteiger partial charge in [0.2, 0.25) is 0 Å². The van der Waals surface area contributed by atoms with Crippen LogP contribution in [0.15, 0.2) is 12.2 Å². The molecule has 4 rings (SSSR count). The molecule has 0 aliphatic heterocycles. The van der Waals surface area contributed by atoms with Gasteiger partial charge >= 0.3 is 0 Å². The van der Waals surface area contributed by atoms with Crippen molar-refractivity contribution in [2.24, 2.45) is 29.6 Å². The molecular formula is C18H28N2. The lowest BCUT2D eigenvalue weighted by atomic mass is 9.48. The predicted molar refractivity (Wildman–Crippen MR) is 82.0 cm³/mol. The molecule has 20 heavy (non-hydrogen) atoms. The first-order valence-corrected chi connectivity index (χ1v) is 8.30. The predicted octanol–water partition coefficient (Wildman–Crippen LogP) is 3.85. The van der Waals surface area contributed by atoms with Gasteiger partial charge in [-0.2, -0.15) is 5.26 Å². The highest BCUT2D eigenvalue weighted by Gasteiger charge is 2.56. The Balaban J connectivity index is 1.93. The van der Waals surface area contributed by atoms with E-state index in [1.54, 1.807) is 0 Å². The molecule has 0 spiro atoms. The molecule has 1 atom stereocenters. The average molecular weight is 272 g/mol. The van der Waals surface area contributed by atoms with Crippen molar-refractivity contribution in [3.8, 4) is 6.07 Å². The van der Waals surface area contributed by atoms with Crippen molar-refractivity contribution in [1.29, 1.82) is 5.26 Å². The van der Waals surface area contributed by atoms with E-state index >= 15 is 0 Å². The van der Waals surface area contributed by atoms with Crippen LogP contribution in [-0.2, 0) is 0 Å². The van der Waals surface area contributed by atoms with E-state index in [9.17, 15) is 5.26 Å². The van der Waals surface area contributed by atoms with Crippen LogP contribution in [0.1, 0.15) is 45.4 Å². The van der Waals surface area contributed by atoms with Crippen molar-refractivity contribution in [3.63, 3.8) is 0 Å². The molecule has 4 fully saturated rings. The molecule has 0 amide bonds. The zero-order valence-corrected chi connectivity index (χ0v) is 13.2. The Morgan fingerprint density at radius 3 is 2.05 bits per heavy atom. The second kappa shape index (κ2) is 5.19. The van der Waals surface area contributed by atoms with Gasteiger partial charge in [-0.05, 0) is 89.1 Å². The fourth-order valence-corrected chi connectivity index (χ4v) is 5.84. The Morgan fingerprint density at radius 2 is 1.65 bits per heavy atom. The van der Waals surface area contributed by atoms with E-state index < -0.39 is 0 Å². The lowest BCUT2D eigenvalue weighted by molar-refractivity contribution is -0.0867.